The number of rotatable bonds is 8. The molecule has 37 heavy (non-hydrogen) atoms. The van der Waals surface area contributed by atoms with Crippen LogP contribution >= 0.6 is 0 Å². The summed E-state index contributed by atoms with van der Waals surface area (Å²) in [4.78, 5) is 4.40. The van der Waals surface area contributed by atoms with Gasteiger partial charge in [-0.3, -0.25) is 0 Å². The third-order valence-electron chi connectivity index (χ3n) is 5.18. The predicted molar refractivity (Wildman–Crippen MR) is 151 cm³/mol. The molecule has 0 bridgehead atoms. The van der Waals surface area contributed by atoms with Crippen molar-refractivity contribution in [3.05, 3.63) is 83.9 Å². The molecule has 0 aliphatic carbocycles. The maximum atomic E-state index is 13.5. The Balaban J connectivity index is 0.000000751. The summed E-state index contributed by atoms with van der Waals surface area (Å²) in [5.41, 5.74) is 13.1. The van der Waals surface area contributed by atoms with E-state index in [0.29, 0.717) is 17.2 Å². The van der Waals surface area contributed by atoms with Gasteiger partial charge in [-0.25, -0.2) is 4.98 Å². The molecule has 1 heterocycles. The van der Waals surface area contributed by atoms with Crippen LogP contribution in [0, 0.1) is 6.92 Å². The van der Waals surface area contributed by atoms with E-state index < -0.39 is 11.7 Å². The Morgan fingerprint density at radius 2 is 1.51 bits per heavy atom. The fourth-order valence-corrected chi connectivity index (χ4v) is 3.04. The smallest absolute Gasteiger partial charge is 0.373 e. The van der Waals surface area contributed by atoms with Gasteiger partial charge in [-0.05, 0) is 37.6 Å². The van der Waals surface area contributed by atoms with Crippen LogP contribution in [0.25, 0.3) is 17.0 Å². The Bertz CT molecular complexity index is 1090. The molecule has 0 radical (unpaired) electrons. The van der Waals surface area contributed by atoms with E-state index in [1.54, 1.807) is 18.2 Å². The number of anilines is 2. The van der Waals surface area contributed by atoms with Gasteiger partial charge in [-0.2, -0.15) is 13.2 Å². The van der Waals surface area contributed by atoms with Crippen molar-refractivity contribution in [1.82, 2.24) is 4.98 Å². The first kappa shape index (κ1) is 31.7. The zero-order chi connectivity index (χ0) is 27.8. The minimum atomic E-state index is -4.49. The number of aromatic nitrogens is 1. The Morgan fingerprint density at radius 3 is 2.05 bits per heavy atom. The topological polar surface area (TPSA) is 89.0 Å². The van der Waals surface area contributed by atoms with Gasteiger partial charge in [-0.15, -0.1) is 0 Å². The van der Waals surface area contributed by atoms with Crippen molar-refractivity contribution in [3.63, 3.8) is 0 Å². The van der Waals surface area contributed by atoms with E-state index in [0.717, 1.165) is 30.2 Å². The second-order valence-corrected chi connectivity index (χ2v) is 8.26. The molecule has 0 spiro atoms. The van der Waals surface area contributed by atoms with E-state index >= 15 is 0 Å². The van der Waals surface area contributed by atoms with Gasteiger partial charge < -0.3 is 22.1 Å². The minimum absolute atomic E-state index is 0.00905. The number of nitrogens with one attached hydrogen (secondary N) is 2. The predicted octanol–water partition coefficient (Wildman–Crippen LogP) is 7.65. The Kier molecular flexibility index (Phi) is 14.0. The Hall–Kier alpha value is -3.36. The van der Waals surface area contributed by atoms with Crippen molar-refractivity contribution in [2.45, 2.75) is 53.1 Å². The summed E-state index contributed by atoms with van der Waals surface area (Å²) in [6.07, 6.45) is -0.756. The van der Waals surface area contributed by atoms with Crippen molar-refractivity contribution >= 4 is 17.2 Å². The summed E-state index contributed by atoms with van der Waals surface area (Å²) in [6, 6.07) is 16.2. The van der Waals surface area contributed by atoms with Gasteiger partial charge in [0, 0.05) is 28.6 Å². The molecule has 0 aliphatic rings. The summed E-state index contributed by atoms with van der Waals surface area (Å²) in [5, 5.41) is 6.03. The third kappa shape index (κ3) is 10.7. The van der Waals surface area contributed by atoms with E-state index in [2.05, 4.69) is 43.0 Å². The highest BCUT2D eigenvalue weighted by Gasteiger charge is 2.33. The Labute approximate surface area is 219 Å². The van der Waals surface area contributed by atoms with Gasteiger partial charge in [0.15, 0.2) is 0 Å². The Morgan fingerprint density at radius 1 is 0.919 bits per heavy atom. The van der Waals surface area contributed by atoms with Crippen LogP contribution in [-0.4, -0.2) is 18.2 Å². The second-order valence-electron chi connectivity index (χ2n) is 8.26. The molecule has 0 unspecified atom stereocenters. The standard InChI is InChI=1S/C22H21F3N4.C4H10.C3H9N/c1-14-7-3-4-8-17(14)15(2)28-21-12-16(27-13-26)11-20(29-21)18-9-5-6-10-19(18)22(23,24)25;1-3-4-2;1-2-3-4/h3-12H,2,13,26H2,1H3,(H2,27,28,29);3-4H2,1-2H3;2-4H2,1H3. The number of halogens is 3. The summed E-state index contributed by atoms with van der Waals surface area (Å²) in [7, 11) is 0. The van der Waals surface area contributed by atoms with E-state index in [9.17, 15) is 13.2 Å². The fourth-order valence-electron chi connectivity index (χ4n) is 3.04. The van der Waals surface area contributed by atoms with E-state index in [4.69, 9.17) is 11.5 Å². The van der Waals surface area contributed by atoms with Crippen molar-refractivity contribution in [2.24, 2.45) is 11.5 Å². The lowest BCUT2D eigenvalue weighted by Gasteiger charge is -2.16. The maximum Gasteiger partial charge on any atom is 0.417 e. The van der Waals surface area contributed by atoms with Crippen LogP contribution < -0.4 is 22.1 Å². The lowest BCUT2D eigenvalue weighted by atomic mass is 10.0. The molecule has 1 aromatic heterocycles. The zero-order valence-electron chi connectivity index (χ0n) is 22.3. The molecule has 5 nitrogen and oxygen atoms in total. The van der Waals surface area contributed by atoms with Crippen molar-refractivity contribution in [1.29, 1.82) is 0 Å². The third-order valence-corrected chi connectivity index (χ3v) is 5.18. The van der Waals surface area contributed by atoms with Crippen LogP contribution in [0.15, 0.2) is 67.2 Å². The largest absolute Gasteiger partial charge is 0.417 e. The van der Waals surface area contributed by atoms with Gasteiger partial charge in [-0.1, -0.05) is 82.7 Å². The zero-order valence-corrected chi connectivity index (χ0v) is 22.3. The van der Waals surface area contributed by atoms with Gasteiger partial charge in [0.1, 0.15) is 5.82 Å². The highest BCUT2D eigenvalue weighted by Crippen LogP contribution is 2.37. The van der Waals surface area contributed by atoms with Crippen molar-refractivity contribution in [2.75, 3.05) is 23.8 Å². The normalized spacial score (nSPS) is 10.4. The molecule has 0 saturated carbocycles. The number of benzene rings is 2. The quantitative estimate of drug-likeness (QED) is 0.231. The second kappa shape index (κ2) is 16.4. The average Bonchev–Trinajstić information content (AvgIpc) is 2.88. The lowest BCUT2D eigenvalue weighted by molar-refractivity contribution is -0.137. The SMILES string of the molecule is C=C(Nc1cc(NCN)cc(-c2ccccc2C(F)(F)F)n1)c1ccccc1C.CCCC.CCCN. The number of hydrogen-bond donors (Lipinski definition) is 4. The van der Waals surface area contributed by atoms with Gasteiger partial charge in [0.05, 0.1) is 17.9 Å². The van der Waals surface area contributed by atoms with E-state index in [-0.39, 0.29) is 17.9 Å². The molecule has 6 N–H and O–H groups in total. The summed E-state index contributed by atoms with van der Waals surface area (Å²) >= 11 is 0. The first-order chi connectivity index (χ1) is 17.6. The number of pyridine rings is 1. The monoisotopic (exact) mass is 515 g/mol. The fraction of sp³-hybridized carbons (Fsp3) is 0.345. The van der Waals surface area contributed by atoms with Crippen LogP contribution in [0.5, 0.6) is 0 Å². The van der Waals surface area contributed by atoms with Crippen molar-refractivity contribution < 1.29 is 13.2 Å². The molecule has 0 amide bonds. The number of hydrogen-bond acceptors (Lipinski definition) is 5. The highest BCUT2D eigenvalue weighted by atomic mass is 19.4. The van der Waals surface area contributed by atoms with E-state index in [1.165, 1.54) is 25.0 Å². The molecule has 2 aromatic carbocycles. The number of unbranched alkanes of at least 4 members (excludes halogenated alkanes) is 1. The molecule has 3 aromatic rings. The molecule has 0 saturated heterocycles. The van der Waals surface area contributed by atoms with Gasteiger partial charge >= 0.3 is 6.18 Å². The average molecular weight is 516 g/mol. The van der Waals surface area contributed by atoms with Crippen LogP contribution in [0.3, 0.4) is 0 Å². The number of alkyl halides is 3. The molecule has 8 heteroatoms. The van der Waals surface area contributed by atoms with Crippen LogP contribution in [0.1, 0.15) is 56.7 Å². The molecular weight excluding hydrogens is 475 g/mol. The molecule has 0 aliphatic heterocycles. The van der Waals surface area contributed by atoms with Gasteiger partial charge in [0.25, 0.3) is 0 Å². The van der Waals surface area contributed by atoms with Crippen LogP contribution in [0.2, 0.25) is 0 Å². The summed E-state index contributed by atoms with van der Waals surface area (Å²) < 4.78 is 40.4. The number of nitrogens with zero attached hydrogens (tertiary/aromatic N) is 1. The summed E-state index contributed by atoms with van der Waals surface area (Å²) in [5.74, 6) is 0.365. The molecule has 202 valence electrons. The number of nitrogens with two attached hydrogens (primary N) is 2. The highest BCUT2D eigenvalue weighted by molar-refractivity contribution is 5.78. The molecule has 0 fully saturated rings. The molecule has 0 atom stereocenters. The number of aryl methyl sites for hydroxylation is 1. The molecular formula is C29H40F3N5. The van der Waals surface area contributed by atoms with Crippen molar-refractivity contribution in [3.8, 4) is 11.3 Å². The first-order valence-electron chi connectivity index (χ1n) is 12.5. The molecule has 3 rings (SSSR count). The maximum absolute atomic E-state index is 13.5. The first-order valence-corrected chi connectivity index (χ1v) is 12.5. The van der Waals surface area contributed by atoms with Gasteiger partial charge in [0.2, 0.25) is 0 Å². The summed E-state index contributed by atoms with van der Waals surface area (Å²) in [6.45, 7) is 13.4. The van der Waals surface area contributed by atoms with E-state index in [1.807, 2.05) is 31.2 Å². The lowest BCUT2D eigenvalue weighted by Crippen LogP contribution is -2.12. The minimum Gasteiger partial charge on any atom is -0.373 e. The van der Waals surface area contributed by atoms with Crippen LogP contribution in [-0.2, 0) is 6.18 Å². The van der Waals surface area contributed by atoms with Crippen LogP contribution in [0.4, 0.5) is 24.7 Å².